The number of fused-ring (bicyclic) bond motifs is 2. The van der Waals surface area contributed by atoms with Gasteiger partial charge in [-0.05, 0) is 12.2 Å². The van der Waals surface area contributed by atoms with Crippen molar-refractivity contribution in [2.75, 3.05) is 0 Å². The molecule has 31 heavy (non-hydrogen) atoms. The molecule has 5 aromatic rings. The average molecular weight is 466 g/mol. The van der Waals surface area contributed by atoms with Gasteiger partial charge in [0, 0.05) is 0 Å². The topological polar surface area (TPSA) is 0 Å². The van der Waals surface area contributed by atoms with Gasteiger partial charge in [-0.2, -0.15) is 12.1 Å². The van der Waals surface area contributed by atoms with E-state index in [1.54, 1.807) is 0 Å². The molecule has 0 fully saturated rings. The molecule has 0 aliphatic heterocycles. The molecule has 0 spiro atoms. The van der Waals surface area contributed by atoms with Crippen LogP contribution in [0.4, 0.5) is 6.18 Å². The fourth-order valence-electron chi connectivity index (χ4n) is 3.74. The van der Waals surface area contributed by atoms with E-state index in [9.17, 15) is 6.18 Å². The number of hydrogen-bond acceptors (Lipinski definition) is 0. The molecule has 1 atom stereocenters. The minimum absolute atomic E-state index is 0.754. The summed E-state index contributed by atoms with van der Waals surface area (Å²) in [7, 11) is 0.754. The SMILES string of the molecule is Cc1[cH-]c2ccccc2c1Pc1ccccc1.Cc1ccc(C)c2[cH-]ccc12.[F][Ti][F]. The van der Waals surface area contributed by atoms with Crippen molar-refractivity contribution >= 4 is 40.7 Å². The van der Waals surface area contributed by atoms with E-state index in [0.29, 0.717) is 0 Å². The van der Waals surface area contributed by atoms with Gasteiger partial charge in [0.25, 0.3) is 0 Å². The van der Waals surface area contributed by atoms with Crippen LogP contribution in [-0.2, 0) is 20.2 Å². The molecule has 158 valence electrons. The summed E-state index contributed by atoms with van der Waals surface area (Å²) >= 11 is -2.50. The number of aryl methyl sites for hydroxylation is 3. The maximum atomic E-state index is 9.75. The Hall–Kier alpha value is -2.12. The van der Waals surface area contributed by atoms with Crippen molar-refractivity contribution in [3.05, 3.63) is 108 Å². The Kier molecular flexibility index (Phi) is 8.73. The van der Waals surface area contributed by atoms with E-state index in [0.717, 1.165) is 8.58 Å². The molecule has 0 saturated heterocycles. The third-order valence-corrected chi connectivity index (χ3v) is 6.82. The summed E-state index contributed by atoms with van der Waals surface area (Å²) in [6, 6.07) is 32.5. The maximum absolute atomic E-state index is 9.75. The van der Waals surface area contributed by atoms with E-state index in [2.05, 4.69) is 112 Å². The second kappa shape index (κ2) is 11.5. The summed E-state index contributed by atoms with van der Waals surface area (Å²) in [5.41, 5.74) is 4.15. The zero-order valence-electron chi connectivity index (χ0n) is 17.9. The first-order valence-corrected chi connectivity index (χ1v) is 12.3. The van der Waals surface area contributed by atoms with Crippen molar-refractivity contribution < 1.29 is 26.4 Å². The summed E-state index contributed by atoms with van der Waals surface area (Å²) in [6.07, 6.45) is 0. The first-order valence-electron chi connectivity index (χ1n) is 10.1. The van der Waals surface area contributed by atoms with Crippen molar-refractivity contribution in [1.29, 1.82) is 0 Å². The molecule has 0 saturated carbocycles. The molecule has 0 N–H and O–H groups in total. The first kappa shape index (κ1) is 23.5. The van der Waals surface area contributed by atoms with Gasteiger partial charge in [0.15, 0.2) is 0 Å². The third-order valence-electron chi connectivity index (χ3n) is 5.29. The van der Waals surface area contributed by atoms with E-state index in [1.165, 1.54) is 48.8 Å². The van der Waals surface area contributed by atoms with Crippen LogP contribution in [0.25, 0.3) is 21.5 Å². The standard InChI is InChI=1S/C16H14P.C11H11.2FH.Ti/c1-12-11-13-7-5-6-10-15(13)16(12)17-14-8-3-2-4-9-14;1-8-6-7-9(2)11-5-3-4-10(8)11;;;/h2-11,17H,1H3;3-7H,1-2H3;2*1H;/q2*-1;;;+2/p-2. The van der Waals surface area contributed by atoms with Gasteiger partial charge in [-0.25, -0.2) is 0 Å². The van der Waals surface area contributed by atoms with Crippen LogP contribution in [0.1, 0.15) is 16.7 Å². The van der Waals surface area contributed by atoms with E-state index in [4.69, 9.17) is 0 Å². The normalized spacial score (nSPS) is 10.6. The molecule has 0 nitrogen and oxygen atoms in total. The van der Waals surface area contributed by atoms with Gasteiger partial charge in [-0.1, -0.05) is 61.9 Å². The van der Waals surface area contributed by atoms with Crippen molar-refractivity contribution in [2.45, 2.75) is 20.8 Å². The van der Waals surface area contributed by atoms with Gasteiger partial charge in [-0.3, -0.25) is 0 Å². The summed E-state index contributed by atoms with van der Waals surface area (Å²) in [5, 5.41) is 8.46. The summed E-state index contributed by atoms with van der Waals surface area (Å²) < 4.78 is 19.5. The summed E-state index contributed by atoms with van der Waals surface area (Å²) in [6.45, 7) is 6.52. The molecule has 0 amide bonds. The Bertz CT molecular complexity index is 1200. The summed E-state index contributed by atoms with van der Waals surface area (Å²) in [4.78, 5) is 0. The second-order valence-electron chi connectivity index (χ2n) is 7.40. The number of benzene rings is 3. The predicted octanol–water partition coefficient (Wildman–Crippen LogP) is 7.51. The van der Waals surface area contributed by atoms with Crippen LogP contribution in [0.3, 0.4) is 0 Å². The molecular weight excluding hydrogens is 441 g/mol. The average Bonchev–Trinajstić information content (AvgIpc) is 3.39. The van der Waals surface area contributed by atoms with Crippen LogP contribution in [-0.4, -0.2) is 0 Å². The molecule has 0 bridgehead atoms. The minimum atomic E-state index is -2.50. The molecule has 0 heterocycles. The Morgan fingerprint density at radius 3 is 2.10 bits per heavy atom. The monoisotopic (exact) mass is 466 g/mol. The van der Waals surface area contributed by atoms with Gasteiger partial charge < -0.3 is 0 Å². The van der Waals surface area contributed by atoms with Gasteiger partial charge in [-0.15, -0.1) is 83.0 Å². The van der Waals surface area contributed by atoms with Gasteiger partial charge >= 0.3 is 26.4 Å². The Labute approximate surface area is 195 Å². The number of hydrogen-bond donors (Lipinski definition) is 0. The Balaban J connectivity index is 0.000000167. The first-order chi connectivity index (χ1) is 15.0. The molecule has 5 aromatic carbocycles. The van der Waals surface area contributed by atoms with Gasteiger partial charge in [0.2, 0.25) is 0 Å². The van der Waals surface area contributed by atoms with E-state index in [1.807, 2.05) is 0 Å². The molecule has 1 unspecified atom stereocenters. The Morgan fingerprint density at radius 1 is 0.742 bits per heavy atom. The van der Waals surface area contributed by atoms with Crippen molar-refractivity contribution in [3.63, 3.8) is 0 Å². The quantitative estimate of drug-likeness (QED) is 0.144. The number of rotatable bonds is 2. The molecular formula is C27H25F2PTi-2. The Morgan fingerprint density at radius 2 is 1.39 bits per heavy atom. The van der Waals surface area contributed by atoms with Crippen molar-refractivity contribution in [1.82, 2.24) is 0 Å². The molecule has 5 rings (SSSR count). The van der Waals surface area contributed by atoms with Crippen LogP contribution < -0.4 is 10.6 Å². The molecule has 4 heteroatoms. The molecule has 0 radical (unpaired) electrons. The zero-order chi connectivity index (χ0) is 22.2. The number of halogens is 2. The van der Waals surface area contributed by atoms with Gasteiger partial charge in [0.1, 0.15) is 0 Å². The van der Waals surface area contributed by atoms with Crippen LogP contribution in [0.5, 0.6) is 0 Å². The van der Waals surface area contributed by atoms with Crippen molar-refractivity contribution in [2.24, 2.45) is 0 Å². The van der Waals surface area contributed by atoms with Crippen LogP contribution in [0.15, 0.2) is 91.0 Å². The fraction of sp³-hybridized carbons (Fsp3) is 0.111. The molecule has 0 aromatic heterocycles. The van der Waals surface area contributed by atoms with Crippen LogP contribution in [0.2, 0.25) is 0 Å². The van der Waals surface area contributed by atoms with Crippen molar-refractivity contribution in [3.8, 4) is 0 Å². The molecule has 0 aliphatic carbocycles. The summed E-state index contributed by atoms with van der Waals surface area (Å²) in [5.74, 6) is 0. The zero-order valence-corrected chi connectivity index (χ0v) is 20.5. The third kappa shape index (κ3) is 5.98. The van der Waals surface area contributed by atoms with Gasteiger partial charge in [0.05, 0.1) is 0 Å². The van der Waals surface area contributed by atoms with Crippen LogP contribution >= 0.6 is 8.58 Å². The second-order valence-corrected chi connectivity index (χ2v) is 8.95. The predicted molar refractivity (Wildman–Crippen MR) is 130 cm³/mol. The van der Waals surface area contributed by atoms with E-state index in [-0.39, 0.29) is 0 Å². The van der Waals surface area contributed by atoms with E-state index >= 15 is 0 Å². The molecule has 0 aliphatic rings. The van der Waals surface area contributed by atoms with Crippen LogP contribution in [0, 0.1) is 20.8 Å². The van der Waals surface area contributed by atoms with E-state index < -0.39 is 20.2 Å². The fourth-order valence-corrected chi connectivity index (χ4v) is 5.02.